The molecule has 0 rings (SSSR count). The number of alkyl halides is 5. The number of carbonyl (C=O) groups is 1. The minimum Gasteiger partial charge on any atom is -0.460 e. The second kappa shape index (κ2) is 21.2. The average molecular weight is 516 g/mol. The summed E-state index contributed by atoms with van der Waals surface area (Å²) in [7, 11) is 0. The minimum absolute atomic E-state index is 0.174. The van der Waals surface area contributed by atoms with Gasteiger partial charge in [0.25, 0.3) is 0 Å². The number of rotatable bonds is 24. The summed E-state index contributed by atoms with van der Waals surface area (Å²) in [6.07, 6.45) is 15.4. The Morgan fingerprint density at radius 3 is 1.26 bits per heavy atom. The van der Waals surface area contributed by atoms with Crippen molar-refractivity contribution in [2.24, 2.45) is 0 Å². The largest absolute Gasteiger partial charge is 0.465 e. The van der Waals surface area contributed by atoms with E-state index in [-0.39, 0.29) is 6.54 Å². The van der Waals surface area contributed by atoms with E-state index in [0.717, 1.165) is 51.6 Å². The molecule has 0 saturated heterocycles. The highest BCUT2D eigenvalue weighted by Gasteiger charge is 2.64. The quantitative estimate of drug-likeness (QED) is 0.0729. The Morgan fingerprint density at radius 1 is 0.571 bits per heavy atom. The number of ether oxygens (including phenoxy) is 1. The number of nitrogens with zero attached hydrogens (tertiary/aromatic N) is 1. The maximum Gasteiger partial charge on any atom is 0.465 e. The molecule has 0 aromatic carbocycles. The zero-order valence-electron chi connectivity index (χ0n) is 22.2. The van der Waals surface area contributed by atoms with E-state index >= 15 is 0 Å². The molecule has 0 N–H and O–H groups in total. The van der Waals surface area contributed by atoms with Gasteiger partial charge in [0.05, 0.1) is 0 Å². The topological polar surface area (TPSA) is 29.5 Å². The highest BCUT2D eigenvalue weighted by molar-refractivity contribution is 5.78. The lowest BCUT2D eigenvalue weighted by atomic mass is 10.1. The van der Waals surface area contributed by atoms with Gasteiger partial charge in [-0.2, -0.15) is 22.0 Å². The smallest absolute Gasteiger partial charge is 0.460 e. The lowest BCUT2D eigenvalue weighted by molar-refractivity contribution is -0.280. The van der Waals surface area contributed by atoms with Crippen LogP contribution < -0.4 is 0 Å². The highest BCUT2D eigenvalue weighted by atomic mass is 19.4. The third kappa shape index (κ3) is 18.0. The Morgan fingerprint density at radius 2 is 0.914 bits per heavy atom. The molecule has 0 aromatic heterocycles. The van der Waals surface area contributed by atoms with Crippen LogP contribution in [0.4, 0.5) is 22.0 Å². The predicted molar refractivity (Wildman–Crippen MR) is 133 cm³/mol. The van der Waals surface area contributed by atoms with Crippen LogP contribution in [-0.2, 0) is 9.53 Å². The Balaban J connectivity index is 4.27. The van der Waals surface area contributed by atoms with Crippen molar-refractivity contribution in [2.45, 2.75) is 142 Å². The average Bonchev–Trinajstić information content (AvgIpc) is 2.80. The maximum absolute atomic E-state index is 13.1. The van der Waals surface area contributed by atoms with Gasteiger partial charge in [-0.25, -0.2) is 4.79 Å². The van der Waals surface area contributed by atoms with E-state index in [1.807, 2.05) is 4.90 Å². The Labute approximate surface area is 210 Å². The molecule has 0 aliphatic rings. The molecule has 0 fully saturated rings. The number of halogens is 5. The first kappa shape index (κ1) is 34.1. The third-order valence-corrected chi connectivity index (χ3v) is 6.41. The van der Waals surface area contributed by atoms with Crippen molar-refractivity contribution in [3.63, 3.8) is 0 Å². The molecule has 0 aliphatic carbocycles. The van der Waals surface area contributed by atoms with Gasteiger partial charge >= 0.3 is 18.1 Å². The second-order valence-corrected chi connectivity index (χ2v) is 9.71. The van der Waals surface area contributed by atoms with Crippen LogP contribution in [-0.4, -0.2) is 49.2 Å². The standard InChI is InChI=1S/C27H50F5NO2/c1-3-5-7-9-11-13-15-17-19-21-33(22-20-18-16-14-12-10-8-6-4-2)23-24-35-25(34)26(28,29)27(30,31)32/h3-24H2,1-2H3. The molecule has 0 bridgehead atoms. The summed E-state index contributed by atoms with van der Waals surface area (Å²) in [5.74, 6) is -7.98. The summed E-state index contributed by atoms with van der Waals surface area (Å²) < 4.78 is 67.4. The minimum atomic E-state index is -5.93. The number of hydrogen-bond acceptors (Lipinski definition) is 3. The van der Waals surface area contributed by atoms with Crippen molar-refractivity contribution in [1.82, 2.24) is 4.90 Å². The molecule has 0 atom stereocenters. The van der Waals surface area contributed by atoms with Crippen LogP contribution in [0, 0.1) is 0 Å². The zero-order valence-corrected chi connectivity index (χ0v) is 22.2. The van der Waals surface area contributed by atoms with Gasteiger partial charge in [-0.3, -0.25) is 4.90 Å². The SMILES string of the molecule is CCCCCCCCCCCN(CCCCCCCCCCC)CCOC(=O)C(F)(F)C(F)(F)F. The molecule has 0 aliphatic heterocycles. The van der Waals surface area contributed by atoms with E-state index in [4.69, 9.17) is 0 Å². The summed E-state index contributed by atoms with van der Waals surface area (Å²) in [5, 5.41) is 0. The van der Waals surface area contributed by atoms with Crippen molar-refractivity contribution in [2.75, 3.05) is 26.2 Å². The number of hydrogen-bond donors (Lipinski definition) is 0. The summed E-state index contributed by atoms with van der Waals surface area (Å²) in [4.78, 5) is 13.3. The maximum atomic E-state index is 13.1. The van der Waals surface area contributed by atoms with E-state index in [1.54, 1.807) is 0 Å². The van der Waals surface area contributed by atoms with Crippen LogP contribution >= 0.6 is 0 Å². The normalized spacial score (nSPS) is 12.5. The van der Waals surface area contributed by atoms with Gasteiger partial charge in [0.2, 0.25) is 0 Å². The Hall–Kier alpha value is -0.920. The molecule has 0 saturated carbocycles. The first-order valence-corrected chi connectivity index (χ1v) is 14.0. The number of unbranched alkanes of at least 4 members (excludes halogenated alkanes) is 16. The molecule has 0 amide bonds. The molecular formula is C27H50F5NO2. The molecule has 35 heavy (non-hydrogen) atoms. The summed E-state index contributed by atoms with van der Waals surface area (Å²) in [6.45, 7) is 5.58. The molecule has 0 heterocycles. The van der Waals surface area contributed by atoms with Crippen molar-refractivity contribution in [3.05, 3.63) is 0 Å². The van der Waals surface area contributed by atoms with Crippen molar-refractivity contribution >= 4 is 5.97 Å². The lowest BCUT2D eigenvalue weighted by Crippen LogP contribution is -2.45. The van der Waals surface area contributed by atoms with E-state index in [1.165, 1.54) is 77.0 Å². The van der Waals surface area contributed by atoms with Gasteiger partial charge in [-0.1, -0.05) is 117 Å². The molecule has 0 spiro atoms. The van der Waals surface area contributed by atoms with Gasteiger partial charge in [0, 0.05) is 6.54 Å². The molecular weight excluding hydrogens is 465 g/mol. The van der Waals surface area contributed by atoms with E-state index in [0.29, 0.717) is 0 Å². The van der Waals surface area contributed by atoms with Crippen LogP contribution in [0.2, 0.25) is 0 Å². The Bertz CT molecular complexity index is 478. The lowest BCUT2D eigenvalue weighted by Gasteiger charge is -2.23. The Kier molecular flexibility index (Phi) is 20.6. The fourth-order valence-corrected chi connectivity index (χ4v) is 4.10. The van der Waals surface area contributed by atoms with Crippen molar-refractivity contribution in [3.8, 4) is 0 Å². The van der Waals surface area contributed by atoms with Gasteiger partial charge in [0.15, 0.2) is 0 Å². The first-order chi connectivity index (χ1) is 16.7. The monoisotopic (exact) mass is 515 g/mol. The molecule has 0 aromatic rings. The van der Waals surface area contributed by atoms with E-state index in [9.17, 15) is 26.7 Å². The third-order valence-electron chi connectivity index (χ3n) is 6.41. The van der Waals surface area contributed by atoms with Crippen molar-refractivity contribution < 1.29 is 31.5 Å². The molecule has 0 radical (unpaired) electrons. The van der Waals surface area contributed by atoms with Crippen LogP contribution in [0.25, 0.3) is 0 Å². The van der Waals surface area contributed by atoms with Gasteiger partial charge in [-0.05, 0) is 25.9 Å². The zero-order chi connectivity index (χ0) is 26.4. The van der Waals surface area contributed by atoms with Gasteiger partial charge in [-0.15, -0.1) is 0 Å². The molecule has 210 valence electrons. The van der Waals surface area contributed by atoms with Crippen LogP contribution in [0.5, 0.6) is 0 Å². The van der Waals surface area contributed by atoms with E-state index < -0.39 is 24.7 Å². The number of carbonyl (C=O) groups excluding carboxylic acids is 1. The predicted octanol–water partition coefficient (Wildman–Crippen LogP) is 9.09. The molecule has 3 nitrogen and oxygen atoms in total. The van der Waals surface area contributed by atoms with Crippen LogP contribution in [0.15, 0.2) is 0 Å². The highest BCUT2D eigenvalue weighted by Crippen LogP contribution is 2.36. The second-order valence-electron chi connectivity index (χ2n) is 9.71. The number of esters is 1. The van der Waals surface area contributed by atoms with Crippen LogP contribution in [0.3, 0.4) is 0 Å². The fraction of sp³-hybridized carbons (Fsp3) is 0.963. The van der Waals surface area contributed by atoms with Crippen molar-refractivity contribution in [1.29, 1.82) is 0 Å². The van der Waals surface area contributed by atoms with Gasteiger partial charge < -0.3 is 4.74 Å². The summed E-state index contributed by atoms with van der Waals surface area (Å²) in [5.41, 5.74) is 0. The molecule has 8 heteroatoms. The summed E-state index contributed by atoms with van der Waals surface area (Å²) in [6, 6.07) is 0. The fourth-order valence-electron chi connectivity index (χ4n) is 4.10. The molecule has 0 unspecified atom stereocenters. The van der Waals surface area contributed by atoms with Crippen LogP contribution in [0.1, 0.15) is 129 Å². The first-order valence-electron chi connectivity index (χ1n) is 14.0. The summed E-state index contributed by atoms with van der Waals surface area (Å²) >= 11 is 0. The van der Waals surface area contributed by atoms with Gasteiger partial charge in [0.1, 0.15) is 6.61 Å². The van der Waals surface area contributed by atoms with E-state index in [2.05, 4.69) is 18.6 Å².